The van der Waals surface area contributed by atoms with E-state index in [1.807, 2.05) is 0 Å². The molecule has 0 radical (unpaired) electrons. The second-order valence-electron chi connectivity index (χ2n) is 7.94. The standard InChI is InChI=1S/C22H24N8O4/c1-12-24-11-19(34-12)29-8-4-5-15(22(29)32)26-17-9-18(23-2)30-20(28-17)13(10-25-30)21(31)27-14-6-7-16(14)33-3/h4-5,8-11,14,16,23H,6-7H2,1-3H3,(H,26,28)(H,27,31)/t14?,16-/m0/s1. The summed E-state index contributed by atoms with van der Waals surface area (Å²) in [5, 5.41) is 13.4. The van der Waals surface area contributed by atoms with Gasteiger partial charge in [-0.3, -0.25) is 14.2 Å². The van der Waals surface area contributed by atoms with E-state index in [2.05, 4.69) is 31.0 Å². The van der Waals surface area contributed by atoms with Gasteiger partial charge in [0.2, 0.25) is 5.88 Å². The molecule has 3 N–H and O–H groups in total. The molecule has 1 saturated carbocycles. The molecule has 0 saturated heterocycles. The van der Waals surface area contributed by atoms with Crippen molar-refractivity contribution >= 4 is 28.9 Å². The van der Waals surface area contributed by atoms with Gasteiger partial charge in [-0.1, -0.05) is 0 Å². The lowest BCUT2D eigenvalue weighted by Gasteiger charge is -2.35. The van der Waals surface area contributed by atoms with Crippen LogP contribution in [0.1, 0.15) is 29.1 Å². The first-order chi connectivity index (χ1) is 16.5. The van der Waals surface area contributed by atoms with E-state index in [0.29, 0.717) is 34.6 Å². The molecule has 12 heteroatoms. The lowest BCUT2D eigenvalue weighted by atomic mass is 9.89. The molecule has 4 aromatic rings. The van der Waals surface area contributed by atoms with Gasteiger partial charge < -0.3 is 25.1 Å². The fourth-order valence-corrected chi connectivity index (χ4v) is 3.89. The molecule has 1 fully saturated rings. The summed E-state index contributed by atoms with van der Waals surface area (Å²) in [4.78, 5) is 34.6. The highest BCUT2D eigenvalue weighted by atomic mass is 16.5. The smallest absolute Gasteiger partial charge is 0.281 e. The van der Waals surface area contributed by atoms with Crippen molar-refractivity contribution in [1.82, 2.24) is 29.5 Å². The van der Waals surface area contributed by atoms with E-state index in [9.17, 15) is 9.59 Å². The van der Waals surface area contributed by atoms with Crippen LogP contribution in [-0.2, 0) is 4.74 Å². The van der Waals surface area contributed by atoms with Gasteiger partial charge in [0, 0.05) is 33.3 Å². The van der Waals surface area contributed by atoms with Gasteiger partial charge in [-0.15, -0.1) is 0 Å². The quantitative estimate of drug-likeness (QED) is 0.374. The number of aromatic nitrogens is 5. The number of pyridine rings is 1. The molecule has 0 spiro atoms. The molecule has 1 unspecified atom stereocenters. The van der Waals surface area contributed by atoms with Gasteiger partial charge in [0.1, 0.15) is 22.9 Å². The number of hydrogen-bond donors (Lipinski definition) is 3. The summed E-state index contributed by atoms with van der Waals surface area (Å²) in [6.07, 6.45) is 6.33. The largest absolute Gasteiger partial charge is 0.425 e. The van der Waals surface area contributed by atoms with Crippen molar-refractivity contribution in [3.05, 3.63) is 58.6 Å². The molecule has 34 heavy (non-hydrogen) atoms. The highest BCUT2D eigenvalue weighted by Crippen LogP contribution is 2.25. The van der Waals surface area contributed by atoms with Crippen LogP contribution in [0.15, 0.2) is 46.0 Å². The summed E-state index contributed by atoms with van der Waals surface area (Å²) in [6.45, 7) is 1.70. The van der Waals surface area contributed by atoms with E-state index >= 15 is 0 Å². The predicted octanol–water partition coefficient (Wildman–Crippen LogP) is 1.87. The highest BCUT2D eigenvalue weighted by molar-refractivity contribution is 6.00. The average Bonchev–Trinajstić information content (AvgIpc) is 3.44. The second-order valence-corrected chi connectivity index (χ2v) is 7.94. The number of oxazole rings is 1. The number of anilines is 3. The first-order valence-corrected chi connectivity index (χ1v) is 10.8. The van der Waals surface area contributed by atoms with Crippen LogP contribution in [-0.4, -0.2) is 56.4 Å². The maximum Gasteiger partial charge on any atom is 0.281 e. The van der Waals surface area contributed by atoms with Crippen LogP contribution in [0.2, 0.25) is 0 Å². The number of rotatable bonds is 7. The van der Waals surface area contributed by atoms with Gasteiger partial charge in [0.15, 0.2) is 11.5 Å². The first kappa shape index (κ1) is 21.6. The molecule has 176 valence electrons. The fourth-order valence-electron chi connectivity index (χ4n) is 3.89. The SMILES string of the molecule is CNc1cc(Nc2cccn(-c3cnc(C)o3)c2=O)nc2c(C(=O)NC3CC[C@@H]3OC)cnn12. The van der Waals surface area contributed by atoms with Crippen LogP contribution in [0.4, 0.5) is 17.3 Å². The molecule has 0 bridgehead atoms. The van der Waals surface area contributed by atoms with Crippen molar-refractivity contribution < 1.29 is 13.9 Å². The van der Waals surface area contributed by atoms with Crippen LogP contribution < -0.4 is 21.5 Å². The molecular weight excluding hydrogens is 440 g/mol. The predicted molar refractivity (Wildman–Crippen MR) is 124 cm³/mol. The molecule has 1 aliphatic carbocycles. The molecule has 4 heterocycles. The number of methoxy groups -OCH3 is 1. The molecule has 4 aromatic heterocycles. The minimum atomic E-state index is -0.339. The molecule has 5 rings (SSSR count). The molecule has 12 nitrogen and oxygen atoms in total. The summed E-state index contributed by atoms with van der Waals surface area (Å²) in [6, 6.07) is 5.00. The third-order valence-electron chi connectivity index (χ3n) is 5.86. The van der Waals surface area contributed by atoms with Crippen molar-refractivity contribution in [3.63, 3.8) is 0 Å². The molecule has 2 atom stereocenters. The zero-order chi connectivity index (χ0) is 23.8. The van der Waals surface area contributed by atoms with E-state index in [1.165, 1.54) is 21.5 Å². The van der Waals surface area contributed by atoms with Gasteiger partial charge >= 0.3 is 0 Å². The van der Waals surface area contributed by atoms with Gasteiger partial charge in [0.25, 0.3) is 11.5 Å². The molecular formula is C22H24N8O4. The third-order valence-corrected chi connectivity index (χ3v) is 5.86. The number of carbonyl (C=O) groups excluding carboxylic acids is 1. The van der Waals surface area contributed by atoms with Gasteiger partial charge in [0.05, 0.1) is 24.5 Å². The van der Waals surface area contributed by atoms with Crippen molar-refractivity contribution in [3.8, 4) is 5.88 Å². The number of nitrogens with zero attached hydrogens (tertiary/aromatic N) is 5. The summed E-state index contributed by atoms with van der Waals surface area (Å²) in [7, 11) is 3.37. The summed E-state index contributed by atoms with van der Waals surface area (Å²) in [5.74, 6) is 1.44. The molecule has 0 aromatic carbocycles. The van der Waals surface area contributed by atoms with E-state index in [4.69, 9.17) is 9.15 Å². The first-order valence-electron chi connectivity index (χ1n) is 10.8. The number of aryl methyl sites for hydroxylation is 1. The second kappa shape index (κ2) is 8.63. The fraction of sp³-hybridized carbons (Fsp3) is 0.318. The number of ether oxygens (including phenoxy) is 1. The number of nitrogens with one attached hydrogen (secondary N) is 3. The van der Waals surface area contributed by atoms with Crippen molar-refractivity contribution in [2.24, 2.45) is 0 Å². The Morgan fingerprint density at radius 3 is 2.82 bits per heavy atom. The number of hydrogen-bond acceptors (Lipinski definition) is 9. The lowest BCUT2D eigenvalue weighted by molar-refractivity contribution is 0.00732. The number of amides is 1. The lowest BCUT2D eigenvalue weighted by Crippen LogP contribution is -2.51. The molecule has 0 aliphatic heterocycles. The number of carbonyl (C=O) groups is 1. The van der Waals surface area contributed by atoms with Gasteiger partial charge in [-0.2, -0.15) is 9.61 Å². The van der Waals surface area contributed by atoms with Crippen LogP contribution in [0, 0.1) is 6.92 Å². The molecule has 1 amide bonds. The van der Waals surface area contributed by atoms with Crippen LogP contribution in [0.3, 0.4) is 0 Å². The van der Waals surface area contributed by atoms with Gasteiger partial charge in [-0.05, 0) is 25.0 Å². The third kappa shape index (κ3) is 3.77. The van der Waals surface area contributed by atoms with Crippen molar-refractivity contribution in [2.45, 2.75) is 31.9 Å². The Labute approximate surface area is 194 Å². The zero-order valence-corrected chi connectivity index (χ0v) is 18.9. The van der Waals surface area contributed by atoms with E-state index < -0.39 is 0 Å². The Morgan fingerprint density at radius 1 is 1.29 bits per heavy atom. The Bertz CT molecular complexity index is 1420. The normalized spacial score (nSPS) is 17.4. The molecule has 1 aliphatic rings. The Balaban J connectivity index is 1.48. The minimum absolute atomic E-state index is 0.0113. The summed E-state index contributed by atoms with van der Waals surface area (Å²) in [5.41, 5.74) is 0.610. The minimum Gasteiger partial charge on any atom is -0.425 e. The van der Waals surface area contributed by atoms with E-state index in [1.54, 1.807) is 45.5 Å². The summed E-state index contributed by atoms with van der Waals surface area (Å²) < 4.78 is 13.7. The van der Waals surface area contributed by atoms with Crippen molar-refractivity contribution in [1.29, 1.82) is 0 Å². The summed E-state index contributed by atoms with van der Waals surface area (Å²) >= 11 is 0. The topological polar surface area (TPSA) is 141 Å². The van der Waals surface area contributed by atoms with E-state index in [-0.39, 0.29) is 29.3 Å². The monoisotopic (exact) mass is 464 g/mol. The Kier molecular flexibility index (Phi) is 5.49. The maximum atomic E-state index is 13.0. The Morgan fingerprint density at radius 2 is 2.15 bits per heavy atom. The van der Waals surface area contributed by atoms with E-state index in [0.717, 1.165) is 12.8 Å². The van der Waals surface area contributed by atoms with Crippen LogP contribution in [0.25, 0.3) is 11.5 Å². The van der Waals surface area contributed by atoms with Crippen LogP contribution in [0.5, 0.6) is 0 Å². The average molecular weight is 464 g/mol. The highest BCUT2D eigenvalue weighted by Gasteiger charge is 2.33. The zero-order valence-electron chi connectivity index (χ0n) is 18.9. The van der Waals surface area contributed by atoms with Gasteiger partial charge in [-0.25, -0.2) is 9.97 Å². The number of fused-ring (bicyclic) bond motifs is 1. The maximum absolute atomic E-state index is 13.0. The van der Waals surface area contributed by atoms with Crippen molar-refractivity contribution in [2.75, 3.05) is 24.8 Å². The Hall–Kier alpha value is -4.19. The van der Waals surface area contributed by atoms with Crippen LogP contribution >= 0.6 is 0 Å².